The fraction of sp³-hybridized carbons (Fsp3) is 0. The number of rotatable bonds is 6. The minimum absolute atomic E-state index is 0.581. The van der Waals surface area contributed by atoms with Gasteiger partial charge in [-0.05, 0) is 90.0 Å². The highest BCUT2D eigenvalue weighted by Gasteiger charge is 2.22. The molecule has 0 aliphatic heterocycles. The van der Waals surface area contributed by atoms with E-state index in [1.807, 2.05) is 41.7 Å². The van der Waals surface area contributed by atoms with Gasteiger partial charge in [-0.25, -0.2) is 15.0 Å². The highest BCUT2D eigenvalue weighted by molar-refractivity contribution is 7.26. The maximum Gasteiger partial charge on any atom is 0.164 e. The number of furan rings is 1. The molecule has 5 heterocycles. The van der Waals surface area contributed by atoms with E-state index in [2.05, 4.69) is 203 Å². The normalized spacial score (nSPS) is 12.0. The fourth-order valence-corrected chi connectivity index (χ4v) is 12.2. The highest BCUT2D eigenvalue weighted by Crippen LogP contribution is 2.46. The van der Waals surface area contributed by atoms with Crippen molar-refractivity contribution < 1.29 is 4.42 Å². The second kappa shape index (κ2) is 15.2. The Hall–Kier alpha value is -9.17. The smallest absolute Gasteiger partial charge is 0.164 e. The standard InChI is InChI=1S/C63H37N5OS/c1-3-16-38(17-4-1)61-64-62(40-32-34-53-48(37-40)45-22-9-10-26-50(45)67(53)41-18-5-2-6-19-41)66-63(65-61)47-25-14-30-56-58(47)49-36-39(33-35-55(49)69-56)42-23-15-31-57-59(42)46-24-13-29-54(60(46)70-57)68-51-27-11-7-20-43(51)44-21-8-12-28-52(44)68/h1-37H. The van der Waals surface area contributed by atoms with Crippen LogP contribution < -0.4 is 0 Å². The molecule has 326 valence electrons. The molecule has 15 rings (SSSR count). The van der Waals surface area contributed by atoms with Crippen molar-refractivity contribution in [2.75, 3.05) is 0 Å². The SMILES string of the molecule is c1ccc(-c2nc(-c3ccc4c(c3)c3ccccc3n4-c3ccccc3)nc(-c3cccc4oc5ccc(-c6cccc7sc8c(-n9c%10ccccc%10c%10ccccc%109)cccc8c67)cc5c34)n2)cc1. The van der Waals surface area contributed by atoms with Crippen LogP contribution in [0, 0.1) is 0 Å². The van der Waals surface area contributed by atoms with E-state index in [-0.39, 0.29) is 0 Å². The predicted octanol–water partition coefficient (Wildman–Crippen LogP) is 17.0. The third-order valence-corrected chi connectivity index (χ3v) is 15.2. The zero-order chi connectivity index (χ0) is 45.9. The van der Waals surface area contributed by atoms with E-state index in [0.29, 0.717) is 17.5 Å². The van der Waals surface area contributed by atoms with Gasteiger partial charge < -0.3 is 13.6 Å². The van der Waals surface area contributed by atoms with E-state index in [1.165, 1.54) is 58.6 Å². The molecule has 6 nitrogen and oxygen atoms in total. The van der Waals surface area contributed by atoms with E-state index in [9.17, 15) is 0 Å². The zero-order valence-electron chi connectivity index (χ0n) is 37.4. The first-order valence-corrected chi connectivity index (χ1v) is 24.3. The molecule has 15 aromatic rings. The van der Waals surface area contributed by atoms with E-state index < -0.39 is 0 Å². The molecule has 7 heteroatoms. The molecular weight excluding hydrogens is 875 g/mol. The van der Waals surface area contributed by atoms with Crippen LogP contribution in [0.3, 0.4) is 0 Å². The summed E-state index contributed by atoms with van der Waals surface area (Å²) >= 11 is 1.86. The van der Waals surface area contributed by atoms with Gasteiger partial charge in [-0.2, -0.15) is 0 Å². The molecule has 0 atom stereocenters. The van der Waals surface area contributed by atoms with Crippen molar-refractivity contribution in [2.45, 2.75) is 0 Å². The van der Waals surface area contributed by atoms with Crippen LogP contribution in [0.15, 0.2) is 229 Å². The van der Waals surface area contributed by atoms with Gasteiger partial charge in [-0.3, -0.25) is 0 Å². The van der Waals surface area contributed by atoms with Crippen molar-refractivity contribution in [1.82, 2.24) is 24.1 Å². The summed E-state index contributed by atoms with van der Waals surface area (Å²) in [5.74, 6) is 1.79. The van der Waals surface area contributed by atoms with Gasteiger partial charge in [-0.1, -0.05) is 146 Å². The molecule has 70 heavy (non-hydrogen) atoms. The van der Waals surface area contributed by atoms with Crippen LogP contribution in [0.4, 0.5) is 0 Å². The Morgan fingerprint density at radius 1 is 0.343 bits per heavy atom. The second-order valence-electron chi connectivity index (χ2n) is 17.9. The third-order valence-electron chi connectivity index (χ3n) is 14.0. The Balaban J connectivity index is 0.910. The average molecular weight is 912 g/mol. The van der Waals surface area contributed by atoms with Crippen LogP contribution in [0.25, 0.3) is 142 Å². The molecule has 0 unspecified atom stereocenters. The Morgan fingerprint density at radius 3 is 1.69 bits per heavy atom. The summed E-state index contributed by atoms with van der Waals surface area (Å²) in [6.45, 7) is 0. The monoisotopic (exact) mass is 911 g/mol. The molecule has 0 aliphatic carbocycles. The second-order valence-corrected chi connectivity index (χ2v) is 18.9. The van der Waals surface area contributed by atoms with Crippen LogP contribution in [0.5, 0.6) is 0 Å². The Kier molecular flexibility index (Phi) is 8.43. The summed E-state index contributed by atoms with van der Waals surface area (Å²) < 4.78 is 13.9. The minimum atomic E-state index is 0.581. The molecule has 5 aromatic heterocycles. The molecule has 0 N–H and O–H groups in total. The molecule has 0 spiro atoms. The lowest BCUT2D eigenvalue weighted by molar-refractivity contribution is 0.669. The minimum Gasteiger partial charge on any atom is -0.456 e. The number of hydrogen-bond donors (Lipinski definition) is 0. The molecule has 0 bridgehead atoms. The van der Waals surface area contributed by atoms with Crippen LogP contribution in [-0.2, 0) is 0 Å². The number of para-hydroxylation sites is 4. The molecular formula is C63H37N5OS. The van der Waals surface area contributed by atoms with Crippen molar-refractivity contribution in [2.24, 2.45) is 0 Å². The van der Waals surface area contributed by atoms with Gasteiger partial charge in [0.05, 0.1) is 32.5 Å². The van der Waals surface area contributed by atoms with Crippen LogP contribution >= 0.6 is 11.3 Å². The van der Waals surface area contributed by atoms with E-state index in [1.54, 1.807) is 0 Å². The van der Waals surface area contributed by atoms with Gasteiger partial charge in [0.25, 0.3) is 0 Å². The maximum absolute atomic E-state index is 6.66. The number of benzene rings is 10. The maximum atomic E-state index is 6.66. The Labute approximate surface area is 404 Å². The van der Waals surface area contributed by atoms with Gasteiger partial charge in [0.15, 0.2) is 17.5 Å². The lowest BCUT2D eigenvalue weighted by Gasteiger charge is -2.10. The quantitative estimate of drug-likeness (QED) is 0.167. The predicted molar refractivity (Wildman–Crippen MR) is 290 cm³/mol. The van der Waals surface area contributed by atoms with E-state index in [0.717, 1.165) is 66.3 Å². The third kappa shape index (κ3) is 5.82. The summed E-state index contributed by atoms with van der Waals surface area (Å²) in [6.07, 6.45) is 0. The van der Waals surface area contributed by atoms with Gasteiger partial charge in [0, 0.05) is 70.2 Å². The first-order valence-electron chi connectivity index (χ1n) is 23.5. The number of aromatic nitrogens is 5. The van der Waals surface area contributed by atoms with E-state index >= 15 is 0 Å². The molecule has 10 aromatic carbocycles. The Bertz CT molecular complexity index is 4550. The number of nitrogens with zero attached hydrogens (tertiary/aromatic N) is 5. The summed E-state index contributed by atoms with van der Waals surface area (Å²) in [6, 6.07) is 79.5. The zero-order valence-corrected chi connectivity index (χ0v) is 38.2. The lowest BCUT2D eigenvalue weighted by atomic mass is 9.97. The fourth-order valence-electron chi connectivity index (χ4n) is 10.9. The van der Waals surface area contributed by atoms with Crippen molar-refractivity contribution >= 4 is 97.1 Å². The van der Waals surface area contributed by atoms with Crippen molar-refractivity contribution in [1.29, 1.82) is 0 Å². The summed E-state index contributed by atoms with van der Waals surface area (Å²) in [5, 5.41) is 9.26. The summed E-state index contributed by atoms with van der Waals surface area (Å²) in [5.41, 5.74) is 13.6. The molecule has 0 saturated heterocycles. The van der Waals surface area contributed by atoms with Crippen LogP contribution in [0.1, 0.15) is 0 Å². The van der Waals surface area contributed by atoms with Gasteiger partial charge in [0.2, 0.25) is 0 Å². The molecule has 0 aliphatic rings. The number of hydrogen-bond acceptors (Lipinski definition) is 5. The van der Waals surface area contributed by atoms with Crippen molar-refractivity contribution in [3.05, 3.63) is 224 Å². The molecule has 0 radical (unpaired) electrons. The van der Waals surface area contributed by atoms with Crippen molar-refractivity contribution in [3.63, 3.8) is 0 Å². The van der Waals surface area contributed by atoms with Gasteiger partial charge >= 0.3 is 0 Å². The first-order chi connectivity index (χ1) is 34.7. The van der Waals surface area contributed by atoms with Crippen LogP contribution in [-0.4, -0.2) is 24.1 Å². The lowest BCUT2D eigenvalue weighted by Crippen LogP contribution is -2.00. The van der Waals surface area contributed by atoms with Crippen molar-refractivity contribution in [3.8, 4) is 56.7 Å². The van der Waals surface area contributed by atoms with E-state index in [4.69, 9.17) is 19.4 Å². The molecule has 0 amide bonds. The Morgan fingerprint density at radius 2 is 0.914 bits per heavy atom. The topological polar surface area (TPSA) is 61.7 Å². The van der Waals surface area contributed by atoms with Gasteiger partial charge in [0.1, 0.15) is 11.2 Å². The molecule has 0 saturated carbocycles. The first kappa shape index (κ1) is 38.9. The van der Waals surface area contributed by atoms with Gasteiger partial charge in [-0.15, -0.1) is 11.3 Å². The molecule has 0 fully saturated rings. The average Bonchev–Trinajstić information content (AvgIpc) is 4.19. The van der Waals surface area contributed by atoms with Crippen LogP contribution in [0.2, 0.25) is 0 Å². The number of thiophene rings is 1. The summed E-state index contributed by atoms with van der Waals surface area (Å²) in [7, 11) is 0. The summed E-state index contributed by atoms with van der Waals surface area (Å²) in [4.78, 5) is 15.8. The largest absolute Gasteiger partial charge is 0.456 e. The highest BCUT2D eigenvalue weighted by atomic mass is 32.1. The number of fused-ring (bicyclic) bond motifs is 12.